The zero-order valence-corrected chi connectivity index (χ0v) is 8.35. The summed E-state index contributed by atoms with van der Waals surface area (Å²) in [6.07, 6.45) is 1.81. The lowest BCUT2D eigenvalue weighted by Gasteiger charge is -2.13. The van der Waals surface area contributed by atoms with E-state index in [4.69, 9.17) is 9.84 Å². The Morgan fingerprint density at radius 2 is 2.31 bits per heavy atom. The molecular formula is C10H9F2NO3. The first-order chi connectivity index (χ1) is 7.47. The highest BCUT2D eigenvalue weighted by molar-refractivity contribution is 5.79. The molecule has 1 N–H and O–H groups in total. The number of pyridine rings is 1. The molecule has 6 heteroatoms. The molecule has 0 spiro atoms. The molecule has 86 valence electrons. The normalized spacial score (nSPS) is 11.7. The van der Waals surface area contributed by atoms with Crippen LogP contribution in [0.2, 0.25) is 0 Å². The van der Waals surface area contributed by atoms with Crippen molar-refractivity contribution in [3.05, 3.63) is 36.2 Å². The summed E-state index contributed by atoms with van der Waals surface area (Å²) in [6.45, 7) is 0. The average molecular weight is 229 g/mol. The van der Waals surface area contributed by atoms with Crippen molar-refractivity contribution in [2.24, 2.45) is 0 Å². The van der Waals surface area contributed by atoms with Crippen LogP contribution in [0.25, 0.3) is 0 Å². The molecular weight excluding hydrogens is 220 g/mol. The molecule has 4 nitrogen and oxygen atoms in total. The van der Waals surface area contributed by atoms with Crippen LogP contribution in [0.3, 0.4) is 0 Å². The summed E-state index contributed by atoms with van der Waals surface area (Å²) in [4.78, 5) is 13.6. The Kier molecular flexibility index (Phi) is 3.55. The summed E-state index contributed by atoms with van der Waals surface area (Å²) in [5, 5.41) is 8.28. The van der Waals surface area contributed by atoms with Crippen molar-refractivity contribution in [3.63, 3.8) is 0 Å². The van der Waals surface area contributed by atoms with E-state index in [2.05, 4.69) is 4.98 Å². The van der Waals surface area contributed by atoms with Gasteiger partial charge in [0, 0.05) is 12.3 Å². The SMILES string of the molecule is COc1cccnc1C(F)(F)/C=C/C(=O)O. The fourth-order valence-corrected chi connectivity index (χ4v) is 1.06. The Morgan fingerprint density at radius 1 is 1.62 bits per heavy atom. The van der Waals surface area contributed by atoms with Crippen molar-refractivity contribution < 1.29 is 23.4 Å². The van der Waals surface area contributed by atoms with E-state index in [0.29, 0.717) is 6.08 Å². The highest BCUT2D eigenvalue weighted by Gasteiger charge is 2.33. The summed E-state index contributed by atoms with van der Waals surface area (Å²) >= 11 is 0. The second kappa shape index (κ2) is 4.69. The number of ether oxygens (including phenoxy) is 1. The number of aliphatic carboxylic acids is 1. The number of hydrogen-bond acceptors (Lipinski definition) is 3. The predicted octanol–water partition coefficient (Wildman–Crippen LogP) is 1.82. The fourth-order valence-electron chi connectivity index (χ4n) is 1.06. The third kappa shape index (κ3) is 2.75. The molecule has 0 amide bonds. The first kappa shape index (κ1) is 12.1. The number of hydrogen-bond donors (Lipinski definition) is 1. The summed E-state index contributed by atoms with van der Waals surface area (Å²) in [6, 6.07) is 2.77. The molecule has 0 unspecified atom stereocenters. The Balaban J connectivity index is 3.10. The third-order valence-electron chi connectivity index (χ3n) is 1.74. The number of halogens is 2. The van der Waals surface area contributed by atoms with Crippen molar-refractivity contribution in [1.29, 1.82) is 0 Å². The van der Waals surface area contributed by atoms with Gasteiger partial charge in [-0.15, -0.1) is 0 Å². The average Bonchev–Trinajstić information content (AvgIpc) is 2.26. The lowest BCUT2D eigenvalue weighted by Crippen LogP contribution is -2.14. The molecule has 0 radical (unpaired) electrons. The minimum absolute atomic E-state index is 0.0949. The quantitative estimate of drug-likeness (QED) is 0.800. The van der Waals surface area contributed by atoms with Crippen LogP contribution in [0.1, 0.15) is 5.69 Å². The Labute approximate surface area is 90.2 Å². The number of alkyl halides is 2. The summed E-state index contributed by atoms with van der Waals surface area (Å²) in [5.74, 6) is -5.03. The first-order valence-corrected chi connectivity index (χ1v) is 4.27. The van der Waals surface area contributed by atoms with Crippen molar-refractivity contribution in [2.75, 3.05) is 7.11 Å². The van der Waals surface area contributed by atoms with E-state index < -0.39 is 17.6 Å². The Hall–Kier alpha value is -1.98. The highest BCUT2D eigenvalue weighted by Crippen LogP contribution is 2.33. The molecule has 1 aromatic rings. The molecule has 0 bridgehead atoms. The van der Waals surface area contributed by atoms with Crippen LogP contribution in [0.15, 0.2) is 30.5 Å². The van der Waals surface area contributed by atoms with Gasteiger partial charge < -0.3 is 9.84 Å². The van der Waals surface area contributed by atoms with Gasteiger partial charge in [-0.05, 0) is 18.2 Å². The van der Waals surface area contributed by atoms with Crippen molar-refractivity contribution in [3.8, 4) is 5.75 Å². The number of rotatable bonds is 4. The van der Waals surface area contributed by atoms with Crippen molar-refractivity contribution >= 4 is 5.97 Å². The molecule has 1 rings (SSSR count). The van der Waals surface area contributed by atoms with E-state index in [9.17, 15) is 13.6 Å². The van der Waals surface area contributed by atoms with Gasteiger partial charge in [0.15, 0.2) is 5.69 Å². The van der Waals surface area contributed by atoms with Gasteiger partial charge in [-0.25, -0.2) is 4.79 Å². The smallest absolute Gasteiger partial charge is 0.328 e. The van der Waals surface area contributed by atoms with Crippen LogP contribution in [-0.2, 0) is 10.7 Å². The van der Waals surface area contributed by atoms with Crippen LogP contribution < -0.4 is 4.74 Å². The Morgan fingerprint density at radius 3 is 2.88 bits per heavy atom. The number of methoxy groups -OCH3 is 1. The minimum atomic E-state index is -3.48. The molecule has 1 aromatic heterocycles. The van der Waals surface area contributed by atoms with Gasteiger partial charge in [-0.2, -0.15) is 8.78 Å². The molecule has 0 fully saturated rings. The number of carboxylic acid groups (broad SMARTS) is 1. The van der Waals surface area contributed by atoms with Gasteiger partial charge in [0.2, 0.25) is 0 Å². The molecule has 0 saturated carbocycles. The van der Waals surface area contributed by atoms with Crippen molar-refractivity contribution in [2.45, 2.75) is 5.92 Å². The molecule has 1 heterocycles. The number of carboxylic acids is 1. The van der Waals surface area contributed by atoms with Gasteiger partial charge in [0.25, 0.3) is 0 Å². The van der Waals surface area contributed by atoms with Crippen LogP contribution >= 0.6 is 0 Å². The molecule has 0 saturated heterocycles. The number of aromatic nitrogens is 1. The lowest BCUT2D eigenvalue weighted by molar-refractivity contribution is -0.131. The predicted molar refractivity (Wildman–Crippen MR) is 51.5 cm³/mol. The first-order valence-electron chi connectivity index (χ1n) is 4.27. The summed E-state index contributed by atoms with van der Waals surface area (Å²) in [5.41, 5.74) is -0.616. The minimum Gasteiger partial charge on any atom is -0.495 e. The monoisotopic (exact) mass is 229 g/mol. The molecule has 16 heavy (non-hydrogen) atoms. The second-order valence-electron chi connectivity index (χ2n) is 2.85. The fraction of sp³-hybridized carbons (Fsp3) is 0.200. The molecule has 0 aliphatic heterocycles. The molecule has 0 aromatic carbocycles. The topological polar surface area (TPSA) is 59.4 Å². The van der Waals surface area contributed by atoms with Crippen molar-refractivity contribution in [1.82, 2.24) is 4.98 Å². The standard InChI is InChI=1S/C10H9F2NO3/c1-16-7-3-2-6-13-9(7)10(11,12)5-4-8(14)15/h2-6H,1H3,(H,14,15)/b5-4+. The zero-order chi connectivity index (χ0) is 12.2. The number of carbonyl (C=O) groups is 1. The van der Waals surface area contributed by atoms with Gasteiger partial charge in [-0.1, -0.05) is 0 Å². The van der Waals surface area contributed by atoms with Gasteiger partial charge in [-0.3, -0.25) is 4.98 Å². The Bertz CT molecular complexity index is 418. The third-order valence-corrected chi connectivity index (χ3v) is 1.74. The molecule has 0 aliphatic rings. The summed E-state index contributed by atoms with van der Waals surface area (Å²) in [7, 11) is 1.23. The van der Waals surface area contributed by atoms with E-state index >= 15 is 0 Å². The molecule has 0 atom stereocenters. The van der Waals surface area contributed by atoms with E-state index in [0.717, 1.165) is 0 Å². The second-order valence-corrected chi connectivity index (χ2v) is 2.85. The number of nitrogens with zero attached hydrogens (tertiary/aromatic N) is 1. The summed E-state index contributed by atoms with van der Waals surface area (Å²) < 4.78 is 31.7. The van der Waals surface area contributed by atoms with Crippen LogP contribution in [0, 0.1) is 0 Å². The van der Waals surface area contributed by atoms with Crippen LogP contribution in [-0.4, -0.2) is 23.2 Å². The van der Waals surface area contributed by atoms with E-state index in [1.165, 1.54) is 25.4 Å². The van der Waals surface area contributed by atoms with Gasteiger partial charge >= 0.3 is 11.9 Å². The highest BCUT2D eigenvalue weighted by atomic mass is 19.3. The molecule has 0 aliphatic carbocycles. The lowest BCUT2D eigenvalue weighted by atomic mass is 10.2. The van der Waals surface area contributed by atoms with Gasteiger partial charge in [0.1, 0.15) is 5.75 Å². The van der Waals surface area contributed by atoms with Crippen LogP contribution in [0.4, 0.5) is 8.78 Å². The number of allylic oxidation sites excluding steroid dienone is 1. The van der Waals surface area contributed by atoms with E-state index in [1.807, 2.05) is 0 Å². The van der Waals surface area contributed by atoms with E-state index in [1.54, 1.807) is 0 Å². The van der Waals surface area contributed by atoms with E-state index in [-0.39, 0.29) is 11.8 Å². The largest absolute Gasteiger partial charge is 0.495 e. The maximum absolute atomic E-state index is 13.5. The van der Waals surface area contributed by atoms with Crippen LogP contribution in [0.5, 0.6) is 5.75 Å². The zero-order valence-electron chi connectivity index (χ0n) is 8.35. The van der Waals surface area contributed by atoms with Gasteiger partial charge in [0.05, 0.1) is 7.11 Å². The maximum Gasteiger partial charge on any atom is 0.328 e. The maximum atomic E-state index is 13.5.